The number of carbonyl (C=O) groups is 1. The summed E-state index contributed by atoms with van der Waals surface area (Å²) in [4.78, 5) is 12.8. The average molecular weight is 419 g/mol. The van der Waals surface area contributed by atoms with Crippen molar-refractivity contribution >= 4 is 29.1 Å². The number of halogens is 2. The molecule has 146 valence electrons. The van der Waals surface area contributed by atoms with Crippen molar-refractivity contribution in [2.24, 2.45) is 7.05 Å². The lowest BCUT2D eigenvalue weighted by Gasteiger charge is -2.33. The number of aryl methyl sites for hydroxylation is 1. The van der Waals surface area contributed by atoms with Crippen molar-refractivity contribution in [3.63, 3.8) is 0 Å². The van der Waals surface area contributed by atoms with Gasteiger partial charge < -0.3 is 15.1 Å². The fraction of sp³-hybridized carbons (Fsp3) is 0.300. The van der Waals surface area contributed by atoms with E-state index in [1.165, 1.54) is 11.8 Å². The number of piperidine rings is 1. The molecule has 8 heteroatoms. The van der Waals surface area contributed by atoms with Gasteiger partial charge in [0.15, 0.2) is 5.76 Å². The molecule has 1 saturated heterocycles. The molecular weight excluding hydrogens is 399 g/mol. The van der Waals surface area contributed by atoms with Crippen LogP contribution >= 0.6 is 23.2 Å². The van der Waals surface area contributed by atoms with Gasteiger partial charge in [0.1, 0.15) is 0 Å². The first-order valence-corrected chi connectivity index (χ1v) is 9.84. The van der Waals surface area contributed by atoms with Crippen LogP contribution in [0, 0.1) is 0 Å². The summed E-state index contributed by atoms with van der Waals surface area (Å²) in [6, 6.07) is 11.8. The Morgan fingerprint density at radius 3 is 2.82 bits per heavy atom. The van der Waals surface area contributed by atoms with E-state index in [-0.39, 0.29) is 28.8 Å². The first kappa shape index (κ1) is 19.1. The molecule has 0 spiro atoms. The predicted molar refractivity (Wildman–Crippen MR) is 109 cm³/mol. The highest BCUT2D eigenvalue weighted by Gasteiger charge is 2.29. The summed E-state index contributed by atoms with van der Waals surface area (Å²) in [5.74, 6) is 0.0820. The SMILES string of the molecule is Cn1ncc(Cl)c1-c1cc(C(=O)NC2CNCCC2c2ccccc2)oc1Cl. The maximum absolute atomic E-state index is 12.8. The van der Waals surface area contributed by atoms with Crippen LogP contribution < -0.4 is 10.6 Å². The topological polar surface area (TPSA) is 72.1 Å². The number of benzene rings is 1. The Morgan fingerprint density at radius 2 is 2.11 bits per heavy atom. The van der Waals surface area contributed by atoms with Gasteiger partial charge in [-0.3, -0.25) is 9.48 Å². The summed E-state index contributed by atoms with van der Waals surface area (Å²) < 4.78 is 7.12. The van der Waals surface area contributed by atoms with Gasteiger partial charge in [-0.05, 0) is 30.1 Å². The van der Waals surface area contributed by atoms with Crippen molar-refractivity contribution in [3.05, 3.63) is 64.2 Å². The summed E-state index contributed by atoms with van der Waals surface area (Å²) in [6.45, 7) is 1.61. The van der Waals surface area contributed by atoms with Gasteiger partial charge in [-0.2, -0.15) is 5.10 Å². The molecule has 2 unspecified atom stereocenters. The molecule has 1 aromatic carbocycles. The van der Waals surface area contributed by atoms with Crippen LogP contribution in [0.5, 0.6) is 0 Å². The zero-order chi connectivity index (χ0) is 19.7. The highest BCUT2D eigenvalue weighted by molar-refractivity contribution is 6.35. The number of hydrogen-bond acceptors (Lipinski definition) is 4. The molecule has 3 heterocycles. The summed E-state index contributed by atoms with van der Waals surface area (Å²) in [6.07, 6.45) is 2.47. The highest BCUT2D eigenvalue weighted by atomic mass is 35.5. The molecule has 4 rings (SSSR count). The second-order valence-corrected chi connectivity index (χ2v) is 7.60. The van der Waals surface area contributed by atoms with E-state index in [4.69, 9.17) is 27.6 Å². The first-order chi connectivity index (χ1) is 13.5. The maximum Gasteiger partial charge on any atom is 0.287 e. The molecule has 6 nitrogen and oxygen atoms in total. The molecule has 1 fully saturated rings. The van der Waals surface area contributed by atoms with Gasteiger partial charge in [0, 0.05) is 31.6 Å². The van der Waals surface area contributed by atoms with Gasteiger partial charge in [0.25, 0.3) is 5.91 Å². The molecule has 0 aliphatic carbocycles. The van der Waals surface area contributed by atoms with Crippen molar-refractivity contribution in [3.8, 4) is 11.3 Å². The molecule has 2 N–H and O–H groups in total. The Labute approximate surface area is 172 Å². The Bertz CT molecular complexity index is 964. The van der Waals surface area contributed by atoms with E-state index in [9.17, 15) is 4.79 Å². The van der Waals surface area contributed by atoms with Crippen molar-refractivity contribution in [2.45, 2.75) is 18.4 Å². The van der Waals surface area contributed by atoms with Gasteiger partial charge in [-0.25, -0.2) is 0 Å². The second-order valence-electron chi connectivity index (χ2n) is 6.85. The van der Waals surface area contributed by atoms with E-state index < -0.39 is 0 Å². The lowest BCUT2D eigenvalue weighted by atomic mass is 9.86. The molecule has 2 aromatic heterocycles. The number of aromatic nitrogens is 2. The number of amides is 1. The van der Waals surface area contributed by atoms with Gasteiger partial charge in [-0.15, -0.1) is 0 Å². The zero-order valence-electron chi connectivity index (χ0n) is 15.3. The van der Waals surface area contributed by atoms with Gasteiger partial charge >= 0.3 is 0 Å². The normalized spacial score (nSPS) is 19.5. The Balaban J connectivity index is 1.56. The van der Waals surface area contributed by atoms with Crippen LogP contribution in [0.4, 0.5) is 0 Å². The van der Waals surface area contributed by atoms with Gasteiger partial charge in [-0.1, -0.05) is 41.9 Å². The number of furan rings is 1. The molecule has 0 bridgehead atoms. The number of nitrogens with zero attached hydrogens (tertiary/aromatic N) is 2. The maximum atomic E-state index is 12.8. The van der Waals surface area contributed by atoms with Gasteiger partial charge in [0.2, 0.25) is 5.22 Å². The third kappa shape index (κ3) is 3.68. The van der Waals surface area contributed by atoms with Crippen LogP contribution in [-0.2, 0) is 7.05 Å². The fourth-order valence-electron chi connectivity index (χ4n) is 3.70. The van der Waals surface area contributed by atoms with Crippen molar-refractivity contribution in [1.82, 2.24) is 20.4 Å². The summed E-state index contributed by atoms with van der Waals surface area (Å²) in [5, 5.41) is 11.1. The molecule has 0 saturated carbocycles. The van der Waals surface area contributed by atoms with Crippen LogP contribution in [0.3, 0.4) is 0 Å². The molecule has 1 aliphatic rings. The first-order valence-electron chi connectivity index (χ1n) is 9.08. The second kappa shape index (κ2) is 7.99. The van der Waals surface area contributed by atoms with E-state index in [0.717, 1.165) is 13.0 Å². The summed E-state index contributed by atoms with van der Waals surface area (Å²) in [5.41, 5.74) is 2.36. The van der Waals surface area contributed by atoms with Crippen molar-refractivity contribution in [2.75, 3.05) is 13.1 Å². The van der Waals surface area contributed by atoms with Crippen molar-refractivity contribution in [1.29, 1.82) is 0 Å². The third-order valence-corrected chi connectivity index (χ3v) is 5.64. The zero-order valence-corrected chi connectivity index (χ0v) is 16.8. The highest BCUT2D eigenvalue weighted by Crippen LogP contribution is 2.35. The number of rotatable bonds is 4. The Hall–Kier alpha value is -2.28. The average Bonchev–Trinajstić information content (AvgIpc) is 3.24. The van der Waals surface area contributed by atoms with E-state index >= 15 is 0 Å². The number of nitrogens with one attached hydrogen (secondary N) is 2. The molecule has 3 aromatic rings. The minimum Gasteiger partial charge on any atom is -0.439 e. The monoisotopic (exact) mass is 418 g/mol. The van der Waals surface area contributed by atoms with Crippen LogP contribution in [-0.4, -0.2) is 34.8 Å². The summed E-state index contributed by atoms with van der Waals surface area (Å²) in [7, 11) is 1.75. The standard InChI is InChI=1S/C20H20Cl2N4O2/c1-26-18(15(21)10-24-26)14-9-17(28-19(14)22)20(27)25-16-11-23-8-7-13(16)12-5-3-2-4-6-12/h2-6,9-10,13,16,23H,7-8,11H2,1H3,(H,25,27). The van der Waals surface area contributed by atoms with Crippen LogP contribution in [0.2, 0.25) is 10.2 Å². The third-order valence-electron chi connectivity index (χ3n) is 5.09. The smallest absolute Gasteiger partial charge is 0.287 e. The van der Waals surface area contributed by atoms with E-state index in [1.54, 1.807) is 17.8 Å². The lowest BCUT2D eigenvalue weighted by Crippen LogP contribution is -2.49. The minimum absolute atomic E-state index is 0.0451. The molecular formula is C20H20Cl2N4O2. The molecule has 1 aliphatic heterocycles. The lowest BCUT2D eigenvalue weighted by molar-refractivity contribution is 0.0896. The number of hydrogen-bond donors (Lipinski definition) is 2. The predicted octanol–water partition coefficient (Wildman–Crippen LogP) is 3.86. The summed E-state index contributed by atoms with van der Waals surface area (Å²) >= 11 is 12.4. The van der Waals surface area contributed by atoms with E-state index in [0.29, 0.717) is 22.8 Å². The van der Waals surface area contributed by atoms with Crippen LogP contribution in [0.1, 0.15) is 28.5 Å². The number of carbonyl (C=O) groups excluding carboxylic acids is 1. The molecule has 2 atom stereocenters. The Morgan fingerprint density at radius 1 is 1.32 bits per heavy atom. The minimum atomic E-state index is -0.305. The molecule has 28 heavy (non-hydrogen) atoms. The molecule has 1 amide bonds. The van der Waals surface area contributed by atoms with Crippen LogP contribution in [0.25, 0.3) is 11.3 Å². The van der Waals surface area contributed by atoms with Crippen molar-refractivity contribution < 1.29 is 9.21 Å². The Kier molecular flexibility index (Phi) is 5.44. The van der Waals surface area contributed by atoms with E-state index in [1.807, 2.05) is 18.2 Å². The molecule has 0 radical (unpaired) electrons. The van der Waals surface area contributed by atoms with Gasteiger partial charge in [0.05, 0.1) is 22.5 Å². The quantitative estimate of drug-likeness (QED) is 0.674. The fourth-order valence-corrected chi connectivity index (χ4v) is 4.20. The largest absolute Gasteiger partial charge is 0.439 e. The van der Waals surface area contributed by atoms with E-state index in [2.05, 4.69) is 27.9 Å². The van der Waals surface area contributed by atoms with Crippen LogP contribution in [0.15, 0.2) is 47.0 Å².